The van der Waals surface area contributed by atoms with Crippen LogP contribution in [-0.2, 0) is 23.3 Å². The molecule has 5 aromatic rings. The summed E-state index contributed by atoms with van der Waals surface area (Å²) in [5, 5.41) is 19.5. The van der Waals surface area contributed by atoms with E-state index < -0.39 is 18.4 Å². The number of likely N-dealkylation sites (tertiary alicyclic amines) is 1. The number of carbonyl (C=O) groups excluding carboxylic acids is 1. The molecule has 1 amide bonds. The lowest BCUT2D eigenvalue weighted by atomic mass is 9.97. The molecule has 5 heterocycles. The second kappa shape index (κ2) is 13.5. The molecule has 7 rings (SSSR count). The number of imidazole rings is 1. The molecule has 1 fully saturated rings. The number of nitrogens with zero attached hydrogens (tertiary/aromatic N) is 6. The van der Waals surface area contributed by atoms with Crippen molar-refractivity contribution in [3.63, 3.8) is 0 Å². The van der Waals surface area contributed by atoms with Gasteiger partial charge in [0.1, 0.15) is 0 Å². The van der Waals surface area contributed by atoms with Crippen LogP contribution < -0.4 is 5.32 Å². The fourth-order valence-electron chi connectivity index (χ4n) is 6.97. The number of halogens is 2. The molecule has 0 spiro atoms. The molecule has 9 nitrogen and oxygen atoms in total. The molecule has 1 unspecified atom stereocenters. The van der Waals surface area contributed by atoms with Crippen molar-refractivity contribution in [3.05, 3.63) is 93.6 Å². The van der Waals surface area contributed by atoms with Crippen LogP contribution >= 0.6 is 11.3 Å². The van der Waals surface area contributed by atoms with Crippen LogP contribution in [0, 0.1) is 24.7 Å². The van der Waals surface area contributed by atoms with E-state index in [9.17, 15) is 18.7 Å². The highest BCUT2D eigenvalue weighted by molar-refractivity contribution is 7.13. The van der Waals surface area contributed by atoms with Gasteiger partial charge in [-0.15, -0.1) is 11.3 Å². The van der Waals surface area contributed by atoms with Gasteiger partial charge in [0.05, 0.1) is 17.5 Å². The van der Waals surface area contributed by atoms with Crippen LogP contribution in [0.1, 0.15) is 84.8 Å². The molecule has 2 aliphatic heterocycles. The van der Waals surface area contributed by atoms with Crippen LogP contribution in [0.2, 0.25) is 0 Å². The Morgan fingerprint density at radius 2 is 1.94 bits per heavy atom. The molecule has 2 N–H and O–H groups in total. The van der Waals surface area contributed by atoms with Crippen LogP contribution in [0.3, 0.4) is 0 Å². The van der Waals surface area contributed by atoms with Gasteiger partial charge in [0.25, 0.3) is 12.3 Å². The van der Waals surface area contributed by atoms with E-state index in [0.717, 1.165) is 56.6 Å². The maximum atomic E-state index is 14.6. The highest BCUT2D eigenvalue weighted by Crippen LogP contribution is 2.38. The Labute approximate surface area is 288 Å². The van der Waals surface area contributed by atoms with E-state index >= 15 is 0 Å². The Hall–Kier alpha value is -4.44. The Kier molecular flexibility index (Phi) is 9.09. The lowest BCUT2D eigenvalue weighted by molar-refractivity contribution is -0.118. The fraction of sp³-hybridized carbons (Fsp3) is 0.405. The average Bonchev–Trinajstić information content (AvgIpc) is 3.89. The number of aryl methyl sites for hydroxylation is 1. The van der Waals surface area contributed by atoms with Crippen molar-refractivity contribution >= 4 is 33.3 Å². The molecule has 0 aliphatic carbocycles. The quantitative estimate of drug-likeness (QED) is 0.183. The Morgan fingerprint density at radius 3 is 2.63 bits per heavy atom. The lowest BCUT2D eigenvalue weighted by Gasteiger charge is -2.31. The summed E-state index contributed by atoms with van der Waals surface area (Å²) in [6, 6.07) is 8.45. The molecule has 12 heteroatoms. The van der Waals surface area contributed by atoms with Crippen LogP contribution in [0.4, 0.5) is 13.9 Å². The number of benzene rings is 2. The number of amides is 1. The van der Waals surface area contributed by atoms with Crippen molar-refractivity contribution in [2.45, 2.75) is 71.0 Å². The number of anilines is 1. The van der Waals surface area contributed by atoms with Crippen LogP contribution in [0.25, 0.3) is 10.9 Å². The number of hydrogen-bond acceptors (Lipinski definition) is 7. The monoisotopic (exact) mass is 683 g/mol. The van der Waals surface area contributed by atoms with Crippen molar-refractivity contribution in [2.24, 2.45) is 5.92 Å². The van der Waals surface area contributed by atoms with Crippen LogP contribution in [0.15, 0.2) is 54.4 Å². The third-order valence-corrected chi connectivity index (χ3v) is 10.7. The molecule has 1 atom stereocenters. The minimum absolute atomic E-state index is 0.156. The van der Waals surface area contributed by atoms with E-state index in [4.69, 9.17) is 5.10 Å². The predicted molar refractivity (Wildman–Crippen MR) is 186 cm³/mol. The Bertz CT molecular complexity index is 2030. The minimum atomic E-state index is -2.77. The molecule has 0 radical (unpaired) electrons. The third kappa shape index (κ3) is 6.63. The van der Waals surface area contributed by atoms with Crippen LogP contribution in [-0.4, -0.2) is 59.9 Å². The molecular formula is C37H39F2N7O2S. The number of nitrogens with one attached hydrogen (secondary N) is 1. The first-order valence-corrected chi connectivity index (χ1v) is 17.5. The smallest absolute Gasteiger partial charge is 0.264 e. The summed E-state index contributed by atoms with van der Waals surface area (Å²) >= 11 is 1.29. The number of rotatable bonds is 8. The summed E-state index contributed by atoms with van der Waals surface area (Å²) in [5.74, 6) is 6.28. The van der Waals surface area contributed by atoms with Gasteiger partial charge >= 0.3 is 0 Å². The molecule has 1 saturated heterocycles. The number of alkyl halides is 2. The summed E-state index contributed by atoms with van der Waals surface area (Å²) in [6.07, 6.45) is 5.75. The number of hydrogen-bond donors (Lipinski definition) is 2. The van der Waals surface area contributed by atoms with Crippen molar-refractivity contribution in [3.8, 4) is 11.8 Å². The fourth-order valence-corrected chi connectivity index (χ4v) is 7.50. The Morgan fingerprint density at radius 1 is 1.16 bits per heavy atom. The van der Waals surface area contributed by atoms with Gasteiger partial charge in [-0.05, 0) is 94.8 Å². The van der Waals surface area contributed by atoms with E-state index in [2.05, 4.69) is 62.6 Å². The summed E-state index contributed by atoms with van der Waals surface area (Å²) in [6.45, 7) is 9.11. The maximum Gasteiger partial charge on any atom is 0.264 e. The molecule has 3 aromatic heterocycles. The first-order chi connectivity index (χ1) is 23.6. The molecule has 0 bridgehead atoms. The number of thiazole rings is 1. The van der Waals surface area contributed by atoms with Gasteiger partial charge < -0.3 is 9.67 Å². The van der Waals surface area contributed by atoms with Crippen molar-refractivity contribution < 1.29 is 18.7 Å². The summed E-state index contributed by atoms with van der Waals surface area (Å²) in [4.78, 5) is 25.2. The number of fused-ring (bicyclic) bond motifs is 2. The standard InChI is InChI=1S/C37H39F2N7O2S/c1-23-27(9-8-24-4-6-25(7-5-24)19-44-15-11-26(21-47)12-16-44)18-28(34(38)39)29-20-46(43-31(23)29)33(35(48)42-36-40-14-17-49-36)32-30-10-13-37(2,3)45(30)22-41-32/h4-7,14,17-18,20,22,26,33-34,47H,10-13,15-16,19,21H2,1-3H3,(H,40,42,48). The molecule has 0 saturated carbocycles. The number of aliphatic hydroxyl groups excluding tert-OH is 1. The second-order valence-corrected chi connectivity index (χ2v) is 14.5. The SMILES string of the molecule is Cc1c(C#Cc2ccc(CN3CCC(CO)CC3)cc2)cc(C(F)F)c2cn(C(C(=O)Nc3nccs3)c3ncn4c3CCC4(C)C)nc12. The van der Waals surface area contributed by atoms with E-state index in [0.29, 0.717) is 33.4 Å². The Balaban J connectivity index is 1.21. The van der Waals surface area contributed by atoms with Crippen molar-refractivity contribution in [1.82, 2.24) is 29.2 Å². The first-order valence-electron chi connectivity index (χ1n) is 16.6. The molecule has 2 aromatic carbocycles. The van der Waals surface area contributed by atoms with Gasteiger partial charge in [-0.25, -0.2) is 18.7 Å². The molecular weight excluding hydrogens is 645 g/mol. The van der Waals surface area contributed by atoms with Gasteiger partial charge in [0.2, 0.25) is 0 Å². The van der Waals surface area contributed by atoms with E-state index in [-0.39, 0.29) is 23.1 Å². The third-order valence-electron chi connectivity index (χ3n) is 9.96. The number of piperidine rings is 1. The maximum absolute atomic E-state index is 14.6. The first kappa shape index (κ1) is 33.1. The largest absolute Gasteiger partial charge is 0.396 e. The zero-order valence-electron chi connectivity index (χ0n) is 27.8. The highest BCUT2D eigenvalue weighted by atomic mass is 32.1. The summed E-state index contributed by atoms with van der Waals surface area (Å²) in [7, 11) is 0. The summed E-state index contributed by atoms with van der Waals surface area (Å²) < 4.78 is 32.8. The predicted octanol–water partition coefficient (Wildman–Crippen LogP) is 6.45. The zero-order valence-corrected chi connectivity index (χ0v) is 28.6. The van der Waals surface area contributed by atoms with Gasteiger partial charge in [-0.3, -0.25) is 19.7 Å². The van der Waals surface area contributed by atoms with E-state index in [1.807, 2.05) is 19.1 Å². The number of carbonyl (C=O) groups is 1. The minimum Gasteiger partial charge on any atom is -0.396 e. The number of aromatic nitrogens is 5. The zero-order chi connectivity index (χ0) is 34.3. The van der Waals surface area contributed by atoms with E-state index in [1.54, 1.807) is 17.9 Å². The average molecular weight is 684 g/mol. The van der Waals surface area contributed by atoms with Gasteiger partial charge in [-0.1, -0.05) is 24.0 Å². The van der Waals surface area contributed by atoms with E-state index in [1.165, 1.54) is 33.8 Å². The van der Waals surface area contributed by atoms with Gasteiger partial charge in [0, 0.05) is 64.2 Å². The molecule has 254 valence electrons. The highest BCUT2D eigenvalue weighted by Gasteiger charge is 2.37. The number of aliphatic hydroxyl groups is 1. The van der Waals surface area contributed by atoms with Crippen LogP contribution in [0.5, 0.6) is 0 Å². The lowest BCUT2D eigenvalue weighted by Crippen LogP contribution is -2.34. The normalized spacial score (nSPS) is 16.9. The summed E-state index contributed by atoms with van der Waals surface area (Å²) in [5.41, 5.74) is 4.56. The molecule has 49 heavy (non-hydrogen) atoms. The van der Waals surface area contributed by atoms with Crippen molar-refractivity contribution in [2.75, 3.05) is 25.0 Å². The van der Waals surface area contributed by atoms with Crippen molar-refractivity contribution in [1.29, 1.82) is 0 Å². The second-order valence-electron chi connectivity index (χ2n) is 13.6. The van der Waals surface area contributed by atoms with Gasteiger partial charge in [0.15, 0.2) is 11.2 Å². The molecule has 2 aliphatic rings. The topological polar surface area (TPSA) is 101 Å². The van der Waals surface area contributed by atoms with Gasteiger partial charge in [-0.2, -0.15) is 5.10 Å².